The molecule has 0 aliphatic rings. The van der Waals surface area contributed by atoms with Gasteiger partial charge in [0.1, 0.15) is 5.01 Å². The minimum Gasteiger partial charge on any atom is -0.296 e. The van der Waals surface area contributed by atoms with Gasteiger partial charge in [0, 0.05) is 5.56 Å². The van der Waals surface area contributed by atoms with Crippen molar-refractivity contribution in [2.45, 2.75) is 6.42 Å². The lowest BCUT2D eigenvalue weighted by Gasteiger charge is -1.99. The normalized spacial score (nSPS) is 10.6. The first-order valence-electron chi connectivity index (χ1n) is 7.76. The number of hydrogen-bond donors (Lipinski definition) is 2. The van der Waals surface area contributed by atoms with E-state index >= 15 is 0 Å². The molecule has 0 unspecified atom stereocenters. The summed E-state index contributed by atoms with van der Waals surface area (Å²) in [6, 6.07) is 18.2. The molecule has 1 aromatic heterocycles. The summed E-state index contributed by atoms with van der Waals surface area (Å²) in [5.74, 6) is -0.584. The van der Waals surface area contributed by atoms with Gasteiger partial charge in [-0.3, -0.25) is 14.9 Å². The third kappa shape index (κ3) is 5.05. The van der Waals surface area contributed by atoms with Crippen LogP contribution in [0.3, 0.4) is 0 Å². The fourth-order valence-corrected chi connectivity index (χ4v) is 2.76. The largest absolute Gasteiger partial charge is 0.296 e. The third-order valence-electron chi connectivity index (χ3n) is 3.24. The molecule has 2 aromatic carbocycles. The topological polar surface area (TPSA) is 96.3 Å². The van der Waals surface area contributed by atoms with Crippen LogP contribution in [0.4, 0.5) is 5.13 Å². The number of nitrogens with one attached hydrogen (secondary N) is 2. The maximum Gasteiger partial charge on any atom is 0.257 e. The fourth-order valence-electron chi connectivity index (χ4n) is 2.03. The van der Waals surface area contributed by atoms with Crippen molar-refractivity contribution in [3.8, 4) is 0 Å². The van der Waals surface area contributed by atoms with Crippen LogP contribution in [0.1, 0.15) is 20.9 Å². The molecule has 0 atom stereocenters. The zero-order valence-corrected chi connectivity index (χ0v) is 14.4. The minimum atomic E-state index is -0.311. The van der Waals surface area contributed by atoms with Gasteiger partial charge in [-0.05, 0) is 17.7 Å². The van der Waals surface area contributed by atoms with Gasteiger partial charge in [0.2, 0.25) is 11.0 Å². The van der Waals surface area contributed by atoms with Gasteiger partial charge in [0.05, 0.1) is 12.6 Å². The van der Waals surface area contributed by atoms with Gasteiger partial charge in [-0.1, -0.05) is 59.9 Å². The van der Waals surface area contributed by atoms with E-state index < -0.39 is 0 Å². The van der Waals surface area contributed by atoms with E-state index in [1.807, 2.05) is 36.4 Å². The van der Waals surface area contributed by atoms with Crippen LogP contribution < -0.4 is 10.7 Å². The summed E-state index contributed by atoms with van der Waals surface area (Å²) in [7, 11) is 0. The summed E-state index contributed by atoms with van der Waals surface area (Å²) >= 11 is 1.15. The maximum atomic E-state index is 12.1. The van der Waals surface area contributed by atoms with Crippen LogP contribution >= 0.6 is 11.3 Å². The molecular formula is C18H15N5O2S. The molecule has 0 aliphatic heterocycles. The number of carbonyl (C=O) groups excluding carboxylic acids is 2. The van der Waals surface area contributed by atoms with E-state index in [1.54, 1.807) is 30.5 Å². The molecule has 7 nitrogen and oxygen atoms in total. The summed E-state index contributed by atoms with van der Waals surface area (Å²) in [6.45, 7) is 0. The lowest BCUT2D eigenvalue weighted by atomic mass is 10.2. The van der Waals surface area contributed by atoms with Crippen molar-refractivity contribution in [3.63, 3.8) is 0 Å². The molecule has 0 saturated heterocycles. The highest BCUT2D eigenvalue weighted by Gasteiger charge is 2.12. The lowest BCUT2D eigenvalue weighted by Crippen LogP contribution is -2.19. The van der Waals surface area contributed by atoms with Gasteiger partial charge in [0.15, 0.2) is 0 Å². The molecule has 1 heterocycles. The van der Waals surface area contributed by atoms with E-state index in [2.05, 4.69) is 26.0 Å². The Bertz CT molecular complexity index is 910. The maximum absolute atomic E-state index is 12.1. The van der Waals surface area contributed by atoms with Crippen molar-refractivity contribution < 1.29 is 9.59 Å². The quantitative estimate of drug-likeness (QED) is 0.518. The molecule has 2 amide bonds. The van der Waals surface area contributed by atoms with Crippen LogP contribution in [-0.4, -0.2) is 28.2 Å². The second kappa shape index (κ2) is 8.63. The first kappa shape index (κ1) is 17.4. The molecule has 0 fully saturated rings. The number of rotatable bonds is 6. The molecule has 0 aliphatic carbocycles. The molecule has 2 N–H and O–H groups in total. The van der Waals surface area contributed by atoms with Gasteiger partial charge in [-0.15, -0.1) is 10.2 Å². The predicted molar refractivity (Wildman–Crippen MR) is 100 cm³/mol. The Morgan fingerprint density at radius 3 is 2.42 bits per heavy atom. The van der Waals surface area contributed by atoms with Crippen LogP contribution in [0.5, 0.6) is 0 Å². The minimum absolute atomic E-state index is 0.0327. The standard InChI is InChI=1S/C18H15N5O2S/c24-15(21-19-12-13-7-3-1-4-8-13)11-16-22-23-18(26-16)20-17(25)14-9-5-2-6-10-14/h1-10,12H,11H2,(H,21,24)(H,20,23,25)/b19-12+. The Hall–Kier alpha value is -3.39. The number of amides is 2. The highest BCUT2D eigenvalue weighted by molar-refractivity contribution is 7.15. The molecule has 8 heteroatoms. The van der Waals surface area contributed by atoms with Gasteiger partial charge in [0.25, 0.3) is 5.91 Å². The zero-order valence-electron chi connectivity index (χ0n) is 13.6. The van der Waals surface area contributed by atoms with E-state index in [9.17, 15) is 9.59 Å². The third-order valence-corrected chi connectivity index (χ3v) is 4.08. The first-order chi connectivity index (χ1) is 12.7. The van der Waals surface area contributed by atoms with Crippen LogP contribution in [0, 0.1) is 0 Å². The Labute approximate surface area is 153 Å². The van der Waals surface area contributed by atoms with E-state index in [0.29, 0.717) is 15.7 Å². The Kier molecular flexibility index (Phi) is 5.79. The number of nitrogens with zero attached hydrogens (tertiary/aromatic N) is 3. The molecule has 26 heavy (non-hydrogen) atoms. The Morgan fingerprint density at radius 2 is 1.69 bits per heavy atom. The van der Waals surface area contributed by atoms with Crippen molar-refractivity contribution in [1.82, 2.24) is 15.6 Å². The molecule has 0 bridgehead atoms. The predicted octanol–water partition coefficient (Wildman–Crippen LogP) is 2.48. The average molecular weight is 365 g/mol. The van der Waals surface area contributed by atoms with Gasteiger partial charge >= 0.3 is 0 Å². The number of aromatic nitrogens is 2. The number of anilines is 1. The second-order valence-corrected chi connectivity index (χ2v) is 6.26. The summed E-state index contributed by atoms with van der Waals surface area (Å²) < 4.78 is 0. The highest BCUT2D eigenvalue weighted by atomic mass is 32.1. The van der Waals surface area contributed by atoms with Crippen molar-refractivity contribution in [3.05, 3.63) is 76.8 Å². The van der Waals surface area contributed by atoms with Gasteiger partial charge in [-0.25, -0.2) is 5.43 Å². The lowest BCUT2D eigenvalue weighted by molar-refractivity contribution is -0.120. The summed E-state index contributed by atoms with van der Waals surface area (Å²) in [6.07, 6.45) is 1.59. The number of benzene rings is 2. The molecule has 0 radical (unpaired) electrons. The van der Waals surface area contributed by atoms with Crippen molar-refractivity contribution in [2.24, 2.45) is 5.10 Å². The smallest absolute Gasteiger partial charge is 0.257 e. The van der Waals surface area contributed by atoms with Crippen molar-refractivity contribution in [1.29, 1.82) is 0 Å². The zero-order chi connectivity index (χ0) is 18.2. The van der Waals surface area contributed by atoms with E-state index in [4.69, 9.17) is 0 Å². The molecule has 3 aromatic rings. The van der Waals surface area contributed by atoms with Gasteiger partial charge in [-0.2, -0.15) is 5.10 Å². The van der Waals surface area contributed by atoms with Crippen LogP contribution in [0.25, 0.3) is 0 Å². The highest BCUT2D eigenvalue weighted by Crippen LogP contribution is 2.16. The number of hydrogen-bond acceptors (Lipinski definition) is 6. The Morgan fingerprint density at radius 1 is 1.00 bits per heavy atom. The summed E-state index contributed by atoms with van der Waals surface area (Å²) in [4.78, 5) is 23.9. The molecule has 130 valence electrons. The van der Waals surface area contributed by atoms with Crippen molar-refractivity contribution >= 4 is 34.5 Å². The molecule has 3 rings (SSSR count). The second-order valence-electron chi connectivity index (χ2n) is 5.20. The Balaban J connectivity index is 1.51. The first-order valence-corrected chi connectivity index (χ1v) is 8.58. The monoisotopic (exact) mass is 365 g/mol. The fraction of sp³-hybridized carbons (Fsp3) is 0.0556. The van der Waals surface area contributed by atoms with Crippen molar-refractivity contribution in [2.75, 3.05) is 5.32 Å². The van der Waals surface area contributed by atoms with E-state index in [1.165, 1.54) is 0 Å². The van der Waals surface area contributed by atoms with Crippen LogP contribution in [0.2, 0.25) is 0 Å². The summed E-state index contributed by atoms with van der Waals surface area (Å²) in [5, 5.41) is 15.2. The van der Waals surface area contributed by atoms with Crippen LogP contribution in [0.15, 0.2) is 65.8 Å². The molecule has 0 spiro atoms. The number of hydrazone groups is 1. The van der Waals surface area contributed by atoms with Gasteiger partial charge < -0.3 is 0 Å². The molecular weight excluding hydrogens is 350 g/mol. The van der Waals surface area contributed by atoms with E-state index in [0.717, 1.165) is 16.9 Å². The summed E-state index contributed by atoms with van der Waals surface area (Å²) in [5.41, 5.74) is 3.85. The van der Waals surface area contributed by atoms with Crippen LogP contribution in [-0.2, 0) is 11.2 Å². The van der Waals surface area contributed by atoms with E-state index in [-0.39, 0.29) is 18.2 Å². The molecule has 0 saturated carbocycles. The average Bonchev–Trinajstić information content (AvgIpc) is 3.10. The number of carbonyl (C=O) groups is 2. The SMILES string of the molecule is O=C(Cc1nnc(NC(=O)c2ccccc2)s1)N/N=C/c1ccccc1.